The summed E-state index contributed by atoms with van der Waals surface area (Å²) in [6.45, 7) is 9.38. The van der Waals surface area contributed by atoms with Gasteiger partial charge in [-0.3, -0.25) is 4.79 Å². The van der Waals surface area contributed by atoms with E-state index in [2.05, 4.69) is 16.2 Å². The van der Waals surface area contributed by atoms with Gasteiger partial charge in [0.2, 0.25) is 0 Å². The molecule has 0 N–H and O–H groups in total. The Balaban J connectivity index is 3.89. The predicted molar refractivity (Wildman–Crippen MR) is 27.8 cm³/mol. The summed E-state index contributed by atoms with van der Waals surface area (Å²) >= 11 is 0. The first-order chi connectivity index (χ1) is 3.72. The third-order valence-corrected chi connectivity index (χ3v) is 0.556. The molecule has 0 aromatic rings. The van der Waals surface area contributed by atoms with Crippen molar-refractivity contribution in [1.29, 1.82) is 0 Å². The van der Waals surface area contributed by atoms with E-state index in [1.807, 2.05) is 0 Å². The van der Waals surface area contributed by atoms with Crippen LogP contribution in [0.4, 0.5) is 0 Å². The number of ether oxygens (including phenoxy) is 1. The Morgan fingerprint density at radius 3 is 2.50 bits per heavy atom. The van der Waals surface area contributed by atoms with E-state index in [0.717, 1.165) is 0 Å². The van der Waals surface area contributed by atoms with Crippen LogP contribution in [0.3, 0.4) is 0 Å². The van der Waals surface area contributed by atoms with Gasteiger partial charge >= 0.3 is 5.97 Å². The smallest absolute Gasteiger partial charge is 0.335 e. The maximum Gasteiger partial charge on any atom is 0.335 e. The fraction of sp³-hybridized carbons (Fsp3) is 0.200. The Bertz CT molecular complexity index is 154. The van der Waals surface area contributed by atoms with E-state index in [1.165, 1.54) is 7.11 Å². The molecule has 0 amide bonds. The standard InChI is InChI=1S/C5H5NO2/c1-4(6-2)5(7)8-3/h1H2,3H3. The van der Waals surface area contributed by atoms with Crippen LogP contribution >= 0.6 is 0 Å². The number of methoxy groups -OCH3 is 1. The van der Waals surface area contributed by atoms with Crippen molar-refractivity contribution in [2.45, 2.75) is 0 Å². The lowest BCUT2D eigenvalue weighted by Crippen LogP contribution is -1.98. The molecule has 0 saturated heterocycles. The van der Waals surface area contributed by atoms with Gasteiger partial charge < -0.3 is 4.74 Å². The van der Waals surface area contributed by atoms with Crippen LogP contribution in [-0.4, -0.2) is 13.1 Å². The molecule has 0 spiro atoms. The average molecular weight is 111 g/mol. The summed E-state index contributed by atoms with van der Waals surface area (Å²) in [5.41, 5.74) is -0.187. The van der Waals surface area contributed by atoms with Crippen molar-refractivity contribution in [2.75, 3.05) is 7.11 Å². The molecule has 0 aromatic heterocycles. The average Bonchev–Trinajstić information content (AvgIpc) is 1.84. The predicted octanol–water partition coefficient (Wildman–Crippen LogP) is 0.592. The van der Waals surface area contributed by atoms with Gasteiger partial charge in [-0.2, -0.15) is 0 Å². The number of hydrogen-bond acceptors (Lipinski definition) is 2. The Morgan fingerprint density at radius 1 is 1.88 bits per heavy atom. The van der Waals surface area contributed by atoms with Crippen molar-refractivity contribution in [1.82, 2.24) is 0 Å². The SMILES string of the molecule is [C-]#[N+]C(=C)C(=O)OC. The number of carbonyl (C=O) groups is 1. The summed E-state index contributed by atoms with van der Waals surface area (Å²) in [5, 5.41) is 0. The molecule has 0 saturated carbocycles. The van der Waals surface area contributed by atoms with Gasteiger partial charge in [-0.05, 0) is 0 Å². The first-order valence-electron chi connectivity index (χ1n) is 1.87. The molecule has 0 radical (unpaired) electrons. The summed E-state index contributed by atoms with van der Waals surface area (Å²) < 4.78 is 4.15. The lowest BCUT2D eigenvalue weighted by molar-refractivity contribution is -0.135. The van der Waals surface area contributed by atoms with Crippen LogP contribution < -0.4 is 0 Å². The third-order valence-electron chi connectivity index (χ3n) is 0.556. The normalized spacial score (nSPS) is 7.00. The molecule has 8 heavy (non-hydrogen) atoms. The maximum atomic E-state index is 10.2. The van der Waals surface area contributed by atoms with Gasteiger partial charge in [0.05, 0.1) is 13.7 Å². The molecule has 0 aliphatic rings. The van der Waals surface area contributed by atoms with Gasteiger partial charge in [0.15, 0.2) is 0 Å². The third kappa shape index (κ3) is 1.43. The molecule has 0 aromatic carbocycles. The maximum absolute atomic E-state index is 10.2. The number of rotatable bonds is 1. The second-order valence-electron chi connectivity index (χ2n) is 1.05. The molecule has 3 heteroatoms. The highest BCUT2D eigenvalue weighted by Crippen LogP contribution is 1.92. The number of hydrogen-bond donors (Lipinski definition) is 0. The van der Waals surface area contributed by atoms with Gasteiger partial charge in [-0.15, -0.1) is 0 Å². The van der Waals surface area contributed by atoms with Crippen LogP contribution in [0.5, 0.6) is 0 Å². The van der Waals surface area contributed by atoms with E-state index in [0.29, 0.717) is 0 Å². The van der Waals surface area contributed by atoms with E-state index in [4.69, 9.17) is 6.57 Å². The largest absolute Gasteiger partial charge is 0.474 e. The van der Waals surface area contributed by atoms with Crippen LogP contribution in [-0.2, 0) is 9.53 Å². The van der Waals surface area contributed by atoms with Crippen molar-refractivity contribution >= 4 is 5.97 Å². The lowest BCUT2D eigenvalue weighted by Gasteiger charge is -1.89. The minimum Gasteiger partial charge on any atom is -0.474 e. The number of esters is 1. The summed E-state index contributed by atoms with van der Waals surface area (Å²) in [7, 11) is 1.21. The first kappa shape index (κ1) is 6.70. The molecule has 3 nitrogen and oxygen atoms in total. The van der Waals surface area contributed by atoms with Gasteiger partial charge in [0.1, 0.15) is 0 Å². The fourth-order valence-corrected chi connectivity index (χ4v) is 0.163. The molecular formula is C5H5NO2. The second kappa shape index (κ2) is 2.80. The second-order valence-corrected chi connectivity index (χ2v) is 1.05. The zero-order valence-corrected chi connectivity index (χ0v) is 4.47. The first-order valence-corrected chi connectivity index (χ1v) is 1.87. The van der Waals surface area contributed by atoms with Gasteiger partial charge in [0.25, 0.3) is 5.70 Å². The topological polar surface area (TPSA) is 30.7 Å². The Labute approximate surface area is 47.4 Å². The zero-order valence-electron chi connectivity index (χ0n) is 4.47. The highest BCUT2D eigenvalue weighted by molar-refractivity contribution is 5.89. The fourth-order valence-electron chi connectivity index (χ4n) is 0.163. The van der Waals surface area contributed by atoms with Gasteiger partial charge in [0, 0.05) is 0 Å². The van der Waals surface area contributed by atoms with Crippen LogP contribution in [0.1, 0.15) is 0 Å². The monoisotopic (exact) mass is 111 g/mol. The molecule has 42 valence electrons. The summed E-state index contributed by atoms with van der Waals surface area (Å²) in [4.78, 5) is 12.9. The molecule has 0 heterocycles. The minimum absolute atomic E-state index is 0.187. The van der Waals surface area contributed by atoms with E-state index in [9.17, 15) is 4.79 Å². The van der Waals surface area contributed by atoms with Crippen molar-refractivity contribution in [2.24, 2.45) is 0 Å². The molecule has 0 bridgehead atoms. The summed E-state index contributed by atoms with van der Waals surface area (Å²) in [5.74, 6) is -0.667. The minimum atomic E-state index is -0.667. The van der Waals surface area contributed by atoms with Gasteiger partial charge in [-0.1, -0.05) is 6.58 Å². The molecule has 0 fully saturated rings. The molecule has 0 aliphatic heterocycles. The van der Waals surface area contributed by atoms with Crippen molar-refractivity contribution in [3.05, 3.63) is 23.7 Å². The Hall–Kier alpha value is -1.30. The summed E-state index contributed by atoms with van der Waals surface area (Å²) in [6, 6.07) is 0. The zero-order chi connectivity index (χ0) is 6.57. The van der Waals surface area contributed by atoms with Crippen LogP contribution in [0.25, 0.3) is 4.85 Å². The van der Waals surface area contributed by atoms with E-state index < -0.39 is 5.97 Å². The van der Waals surface area contributed by atoms with Crippen molar-refractivity contribution < 1.29 is 9.53 Å². The molecule has 0 rings (SSSR count). The summed E-state index contributed by atoms with van der Waals surface area (Å²) in [6.07, 6.45) is 0. The van der Waals surface area contributed by atoms with Crippen LogP contribution in [0.15, 0.2) is 12.3 Å². The molecule has 0 unspecified atom stereocenters. The number of carbonyl (C=O) groups excluding carboxylic acids is 1. The lowest BCUT2D eigenvalue weighted by atomic mass is 10.5. The van der Waals surface area contributed by atoms with E-state index in [1.54, 1.807) is 0 Å². The quantitative estimate of drug-likeness (QED) is 0.281. The van der Waals surface area contributed by atoms with E-state index >= 15 is 0 Å². The highest BCUT2D eigenvalue weighted by atomic mass is 16.5. The van der Waals surface area contributed by atoms with Crippen LogP contribution in [0.2, 0.25) is 0 Å². The molecular weight excluding hydrogens is 106 g/mol. The molecule has 0 atom stereocenters. The van der Waals surface area contributed by atoms with Crippen molar-refractivity contribution in [3.63, 3.8) is 0 Å². The molecule has 0 aliphatic carbocycles. The Kier molecular flexibility index (Phi) is 2.35. The van der Waals surface area contributed by atoms with Crippen LogP contribution in [0, 0.1) is 6.57 Å². The number of nitrogens with zero attached hydrogens (tertiary/aromatic N) is 1. The van der Waals surface area contributed by atoms with Crippen molar-refractivity contribution in [3.8, 4) is 0 Å². The van der Waals surface area contributed by atoms with Gasteiger partial charge in [-0.25, -0.2) is 4.85 Å². The van der Waals surface area contributed by atoms with E-state index in [-0.39, 0.29) is 5.70 Å². The highest BCUT2D eigenvalue weighted by Gasteiger charge is 2.02. The Morgan fingerprint density at radius 2 is 2.38 bits per heavy atom.